The molecule has 0 radical (unpaired) electrons. The number of hydrogen-bond acceptors (Lipinski definition) is 4. The molecule has 1 unspecified atom stereocenters. The van der Waals surface area contributed by atoms with E-state index < -0.39 is 0 Å². The minimum Gasteiger partial charge on any atom is -0.466 e. The van der Waals surface area contributed by atoms with Gasteiger partial charge in [-0.25, -0.2) is 0 Å². The Morgan fingerprint density at radius 3 is 1.93 bits per heavy atom. The molecule has 4 heteroatoms. The van der Waals surface area contributed by atoms with Crippen molar-refractivity contribution < 1.29 is 19.1 Å². The van der Waals surface area contributed by atoms with Crippen LogP contribution in [-0.2, 0) is 19.1 Å². The quantitative estimate of drug-likeness (QED) is 0.197. The predicted molar refractivity (Wildman–Crippen MR) is 112 cm³/mol. The van der Waals surface area contributed by atoms with Crippen LogP contribution in [0.5, 0.6) is 0 Å². The fraction of sp³-hybridized carbons (Fsp3) is 0.913. The van der Waals surface area contributed by atoms with Gasteiger partial charge in [-0.05, 0) is 38.5 Å². The Bertz CT molecular complexity index is 365. The molecule has 0 aliphatic heterocycles. The van der Waals surface area contributed by atoms with E-state index in [9.17, 15) is 9.59 Å². The van der Waals surface area contributed by atoms with Crippen LogP contribution < -0.4 is 0 Å². The Kier molecular flexibility index (Phi) is 17.6. The third kappa shape index (κ3) is 19.5. The number of carbonyl (C=O) groups is 2. The predicted octanol–water partition coefficient (Wildman–Crippen LogP) is 6.60. The highest BCUT2D eigenvalue weighted by atomic mass is 16.5. The molecule has 4 nitrogen and oxygen atoms in total. The minimum atomic E-state index is -0.206. The molecular weight excluding hydrogens is 340 g/mol. The van der Waals surface area contributed by atoms with E-state index in [1.165, 1.54) is 38.5 Å². The van der Waals surface area contributed by atoms with Gasteiger partial charge >= 0.3 is 11.9 Å². The Morgan fingerprint density at radius 2 is 1.30 bits per heavy atom. The lowest BCUT2D eigenvalue weighted by atomic mass is 10.0. The SMILES string of the molecule is CCCCCCCCCCOC(=O)CCCC(=O)OC(C)CCCC(C)C. The summed E-state index contributed by atoms with van der Waals surface area (Å²) in [5.41, 5.74) is 0. The van der Waals surface area contributed by atoms with Crippen LogP contribution in [0.2, 0.25) is 0 Å². The molecule has 0 aromatic carbocycles. The highest BCUT2D eigenvalue weighted by Gasteiger charge is 2.11. The number of unbranched alkanes of at least 4 members (excludes halogenated alkanes) is 7. The summed E-state index contributed by atoms with van der Waals surface area (Å²) < 4.78 is 10.6. The van der Waals surface area contributed by atoms with Gasteiger partial charge in [0, 0.05) is 12.8 Å². The molecule has 0 rings (SSSR count). The van der Waals surface area contributed by atoms with Gasteiger partial charge in [-0.15, -0.1) is 0 Å². The van der Waals surface area contributed by atoms with E-state index >= 15 is 0 Å². The molecule has 0 bridgehead atoms. The molecular formula is C23H44O4. The molecule has 0 aromatic rings. The Balaban J connectivity index is 3.47. The summed E-state index contributed by atoms with van der Waals surface area (Å²) in [5.74, 6) is 0.281. The molecule has 0 N–H and O–H groups in total. The van der Waals surface area contributed by atoms with Gasteiger partial charge in [0.05, 0.1) is 12.7 Å². The summed E-state index contributed by atoms with van der Waals surface area (Å²) in [4.78, 5) is 23.5. The second-order valence-electron chi connectivity index (χ2n) is 8.17. The molecule has 160 valence electrons. The van der Waals surface area contributed by atoms with Crippen molar-refractivity contribution in [1.29, 1.82) is 0 Å². The standard InChI is InChI=1S/C23H44O4/c1-5-6-7-8-9-10-11-12-19-26-22(24)17-14-18-23(25)27-21(4)16-13-15-20(2)3/h20-21H,5-19H2,1-4H3. The van der Waals surface area contributed by atoms with E-state index in [-0.39, 0.29) is 18.0 Å². The van der Waals surface area contributed by atoms with E-state index in [1.807, 2.05) is 6.92 Å². The molecule has 1 atom stereocenters. The van der Waals surface area contributed by atoms with Crippen molar-refractivity contribution in [1.82, 2.24) is 0 Å². The van der Waals surface area contributed by atoms with Crippen LogP contribution in [0, 0.1) is 5.92 Å². The molecule has 0 fully saturated rings. The van der Waals surface area contributed by atoms with Crippen molar-refractivity contribution in [2.24, 2.45) is 5.92 Å². The molecule has 0 spiro atoms. The van der Waals surface area contributed by atoms with Crippen LogP contribution in [0.4, 0.5) is 0 Å². The van der Waals surface area contributed by atoms with Crippen LogP contribution in [0.1, 0.15) is 118 Å². The van der Waals surface area contributed by atoms with Crippen LogP contribution in [-0.4, -0.2) is 24.6 Å². The first-order chi connectivity index (χ1) is 13.0. The van der Waals surface area contributed by atoms with E-state index in [1.54, 1.807) is 0 Å². The number of carbonyl (C=O) groups excluding carboxylic acids is 2. The topological polar surface area (TPSA) is 52.6 Å². The summed E-state index contributed by atoms with van der Waals surface area (Å²) in [6.07, 6.45) is 14.1. The third-order valence-electron chi connectivity index (χ3n) is 4.75. The Morgan fingerprint density at radius 1 is 0.704 bits per heavy atom. The first-order valence-electron chi connectivity index (χ1n) is 11.3. The highest BCUT2D eigenvalue weighted by Crippen LogP contribution is 2.12. The first-order valence-corrected chi connectivity index (χ1v) is 11.3. The maximum atomic E-state index is 11.8. The van der Waals surface area contributed by atoms with Crippen molar-refractivity contribution in [3.63, 3.8) is 0 Å². The summed E-state index contributed by atoms with van der Waals surface area (Å²) in [5, 5.41) is 0. The summed E-state index contributed by atoms with van der Waals surface area (Å²) in [7, 11) is 0. The van der Waals surface area contributed by atoms with Crippen LogP contribution in [0.3, 0.4) is 0 Å². The van der Waals surface area contributed by atoms with Crippen LogP contribution >= 0.6 is 0 Å². The van der Waals surface area contributed by atoms with Crippen molar-refractivity contribution in [3.8, 4) is 0 Å². The van der Waals surface area contributed by atoms with Gasteiger partial charge in [-0.1, -0.05) is 72.1 Å². The zero-order chi connectivity index (χ0) is 20.3. The molecule has 27 heavy (non-hydrogen) atoms. The number of esters is 2. The van der Waals surface area contributed by atoms with E-state index in [0.717, 1.165) is 32.1 Å². The monoisotopic (exact) mass is 384 g/mol. The minimum absolute atomic E-state index is 0.0369. The average Bonchev–Trinajstić information content (AvgIpc) is 2.60. The fourth-order valence-corrected chi connectivity index (χ4v) is 3.03. The fourth-order valence-electron chi connectivity index (χ4n) is 3.03. The maximum absolute atomic E-state index is 11.8. The molecule has 0 aromatic heterocycles. The van der Waals surface area contributed by atoms with Gasteiger partial charge in [-0.3, -0.25) is 9.59 Å². The van der Waals surface area contributed by atoms with E-state index in [0.29, 0.717) is 31.8 Å². The molecule has 0 saturated carbocycles. The number of hydrogen-bond donors (Lipinski definition) is 0. The summed E-state index contributed by atoms with van der Waals surface area (Å²) >= 11 is 0. The Hall–Kier alpha value is -1.06. The van der Waals surface area contributed by atoms with Gasteiger partial charge in [0.2, 0.25) is 0 Å². The van der Waals surface area contributed by atoms with Gasteiger partial charge in [-0.2, -0.15) is 0 Å². The largest absolute Gasteiger partial charge is 0.466 e. The molecule has 0 saturated heterocycles. The van der Waals surface area contributed by atoms with Crippen molar-refractivity contribution >= 4 is 11.9 Å². The zero-order valence-corrected chi connectivity index (χ0v) is 18.4. The molecule has 0 aliphatic rings. The van der Waals surface area contributed by atoms with Crippen molar-refractivity contribution in [2.45, 2.75) is 124 Å². The normalized spacial score (nSPS) is 12.2. The van der Waals surface area contributed by atoms with Crippen molar-refractivity contribution in [2.75, 3.05) is 6.61 Å². The maximum Gasteiger partial charge on any atom is 0.306 e. The van der Waals surface area contributed by atoms with E-state index in [4.69, 9.17) is 9.47 Å². The van der Waals surface area contributed by atoms with Gasteiger partial charge in [0.1, 0.15) is 0 Å². The average molecular weight is 385 g/mol. The highest BCUT2D eigenvalue weighted by molar-refractivity contribution is 5.72. The lowest BCUT2D eigenvalue weighted by Crippen LogP contribution is -2.15. The second-order valence-corrected chi connectivity index (χ2v) is 8.17. The zero-order valence-electron chi connectivity index (χ0n) is 18.4. The van der Waals surface area contributed by atoms with Crippen LogP contribution in [0.25, 0.3) is 0 Å². The molecule has 0 heterocycles. The molecule has 0 aliphatic carbocycles. The first kappa shape index (κ1) is 25.9. The third-order valence-corrected chi connectivity index (χ3v) is 4.75. The van der Waals surface area contributed by atoms with Gasteiger partial charge in [0.15, 0.2) is 0 Å². The summed E-state index contributed by atoms with van der Waals surface area (Å²) in [6, 6.07) is 0. The Labute approximate surface area is 167 Å². The van der Waals surface area contributed by atoms with Gasteiger partial charge < -0.3 is 9.47 Å². The number of ether oxygens (including phenoxy) is 2. The van der Waals surface area contributed by atoms with E-state index in [2.05, 4.69) is 20.8 Å². The number of rotatable bonds is 18. The van der Waals surface area contributed by atoms with Crippen LogP contribution in [0.15, 0.2) is 0 Å². The molecule has 0 amide bonds. The smallest absolute Gasteiger partial charge is 0.306 e. The summed E-state index contributed by atoms with van der Waals surface area (Å²) in [6.45, 7) is 9.07. The lowest BCUT2D eigenvalue weighted by molar-refractivity contribution is -0.149. The second kappa shape index (κ2) is 18.3. The van der Waals surface area contributed by atoms with Crippen molar-refractivity contribution in [3.05, 3.63) is 0 Å². The lowest BCUT2D eigenvalue weighted by Gasteiger charge is -2.13. The van der Waals surface area contributed by atoms with Gasteiger partial charge in [0.25, 0.3) is 0 Å².